The number of thiophene rings is 1. The molecule has 1 aliphatic rings. The molecule has 3 aromatic rings. The van der Waals surface area contributed by atoms with Gasteiger partial charge < -0.3 is 19.5 Å². The first kappa shape index (κ1) is 22.2. The molecule has 168 valence electrons. The van der Waals surface area contributed by atoms with E-state index in [2.05, 4.69) is 52.0 Å². The van der Waals surface area contributed by atoms with Gasteiger partial charge in [-0.1, -0.05) is 30.3 Å². The fourth-order valence-corrected chi connectivity index (χ4v) is 5.04. The number of rotatable bonds is 8. The van der Waals surface area contributed by atoms with E-state index in [0.29, 0.717) is 29.4 Å². The minimum atomic E-state index is -0.178. The molecule has 0 bridgehead atoms. The molecule has 1 N–H and O–H groups in total. The van der Waals surface area contributed by atoms with E-state index < -0.39 is 0 Å². The summed E-state index contributed by atoms with van der Waals surface area (Å²) < 4.78 is 16.1. The van der Waals surface area contributed by atoms with Crippen LogP contribution in [0.25, 0.3) is 0 Å². The lowest BCUT2D eigenvalue weighted by atomic mass is 9.98. The number of benzene rings is 2. The molecule has 0 fully saturated rings. The Morgan fingerprint density at radius 3 is 2.38 bits per heavy atom. The average Bonchev–Trinajstić information content (AvgIpc) is 3.37. The van der Waals surface area contributed by atoms with Gasteiger partial charge in [-0.3, -0.25) is 9.69 Å². The molecule has 7 heteroatoms. The predicted molar refractivity (Wildman–Crippen MR) is 126 cm³/mol. The Kier molecular flexibility index (Phi) is 6.97. The van der Waals surface area contributed by atoms with Gasteiger partial charge in [-0.15, -0.1) is 11.3 Å². The van der Waals surface area contributed by atoms with Crippen LogP contribution in [0.15, 0.2) is 53.9 Å². The number of carbonyl (C=O) groups excluding carboxylic acids is 1. The summed E-state index contributed by atoms with van der Waals surface area (Å²) in [7, 11) is 4.63. The van der Waals surface area contributed by atoms with E-state index >= 15 is 0 Å². The predicted octanol–water partition coefficient (Wildman–Crippen LogP) is 4.30. The number of fused-ring (bicyclic) bond motifs is 1. The molecule has 0 saturated heterocycles. The van der Waals surface area contributed by atoms with Gasteiger partial charge in [-0.25, -0.2) is 0 Å². The van der Waals surface area contributed by atoms with Gasteiger partial charge in [-0.2, -0.15) is 0 Å². The highest BCUT2D eigenvalue weighted by Gasteiger charge is 2.26. The number of amides is 1. The maximum absolute atomic E-state index is 13.1. The van der Waals surface area contributed by atoms with Crippen LogP contribution in [-0.4, -0.2) is 45.2 Å². The molecule has 0 radical (unpaired) electrons. The quantitative estimate of drug-likeness (QED) is 0.552. The minimum absolute atomic E-state index is 0.106. The lowest BCUT2D eigenvalue weighted by molar-refractivity contribution is 0.0928. The van der Waals surface area contributed by atoms with Crippen LogP contribution in [0.2, 0.25) is 0 Å². The van der Waals surface area contributed by atoms with Gasteiger partial charge in [0.1, 0.15) is 0 Å². The van der Waals surface area contributed by atoms with Gasteiger partial charge in [0.25, 0.3) is 5.91 Å². The van der Waals surface area contributed by atoms with E-state index in [9.17, 15) is 4.79 Å². The molecule has 1 aromatic heterocycles. The van der Waals surface area contributed by atoms with Gasteiger partial charge in [0, 0.05) is 30.1 Å². The molecule has 2 heterocycles. The molecule has 0 saturated carbocycles. The molecule has 1 unspecified atom stereocenters. The molecule has 1 amide bonds. The number of hydrogen-bond acceptors (Lipinski definition) is 6. The largest absolute Gasteiger partial charge is 0.493 e. The lowest BCUT2D eigenvalue weighted by Gasteiger charge is -2.35. The highest BCUT2D eigenvalue weighted by atomic mass is 32.1. The number of nitrogens with zero attached hydrogens (tertiary/aromatic N) is 1. The van der Waals surface area contributed by atoms with Gasteiger partial charge in [0.2, 0.25) is 5.75 Å². The highest BCUT2D eigenvalue weighted by molar-refractivity contribution is 7.10. The molecule has 32 heavy (non-hydrogen) atoms. The molecule has 0 spiro atoms. The molecule has 1 atom stereocenters. The standard InChI is InChI=1S/C25H28N2O4S/c1-29-21-13-19(14-22(30-2)24(21)31-3)25(28)26-15-20(23-9-6-12-32-23)27-11-10-17-7-4-5-8-18(17)16-27/h4-9,12-14,20H,10-11,15-16H2,1-3H3,(H,26,28). The first-order valence-electron chi connectivity index (χ1n) is 10.6. The van der Waals surface area contributed by atoms with E-state index in [1.807, 2.05) is 0 Å². The van der Waals surface area contributed by atoms with Crippen molar-refractivity contribution >= 4 is 17.2 Å². The molecule has 0 aliphatic carbocycles. The van der Waals surface area contributed by atoms with Crippen molar-refractivity contribution in [3.8, 4) is 17.2 Å². The fourth-order valence-electron chi connectivity index (χ4n) is 4.18. The second-order valence-electron chi connectivity index (χ2n) is 7.64. The maximum atomic E-state index is 13.1. The Morgan fingerprint density at radius 2 is 1.75 bits per heavy atom. The van der Waals surface area contributed by atoms with Crippen molar-refractivity contribution in [3.05, 3.63) is 75.5 Å². The average molecular weight is 453 g/mol. The molecule has 4 rings (SSSR count). The summed E-state index contributed by atoms with van der Waals surface area (Å²) >= 11 is 1.72. The number of ether oxygens (including phenoxy) is 3. The van der Waals surface area contributed by atoms with Crippen LogP contribution in [0.4, 0.5) is 0 Å². The molecule has 1 aliphatic heterocycles. The van der Waals surface area contributed by atoms with Gasteiger partial charge in [0.05, 0.1) is 27.4 Å². The van der Waals surface area contributed by atoms with Gasteiger partial charge >= 0.3 is 0 Å². The Hall–Kier alpha value is -3.03. The smallest absolute Gasteiger partial charge is 0.251 e. The van der Waals surface area contributed by atoms with Crippen LogP contribution in [0, 0.1) is 0 Å². The van der Waals surface area contributed by atoms with Crippen molar-refractivity contribution in [2.24, 2.45) is 0 Å². The molecule has 2 aromatic carbocycles. The third-order valence-electron chi connectivity index (χ3n) is 5.86. The van der Waals surface area contributed by atoms with E-state index in [0.717, 1.165) is 19.5 Å². The summed E-state index contributed by atoms with van der Waals surface area (Å²) in [5.74, 6) is 1.21. The molecular formula is C25H28N2O4S. The first-order valence-corrected chi connectivity index (χ1v) is 11.4. The number of nitrogens with one attached hydrogen (secondary N) is 1. The Morgan fingerprint density at radius 1 is 1.03 bits per heavy atom. The zero-order valence-electron chi connectivity index (χ0n) is 18.6. The number of carbonyl (C=O) groups is 1. The third-order valence-corrected chi connectivity index (χ3v) is 6.83. The van der Waals surface area contributed by atoms with Crippen molar-refractivity contribution in [1.29, 1.82) is 0 Å². The van der Waals surface area contributed by atoms with Crippen molar-refractivity contribution < 1.29 is 19.0 Å². The van der Waals surface area contributed by atoms with E-state index in [4.69, 9.17) is 14.2 Å². The van der Waals surface area contributed by atoms with Crippen molar-refractivity contribution in [2.75, 3.05) is 34.4 Å². The zero-order valence-corrected chi connectivity index (χ0v) is 19.4. The highest BCUT2D eigenvalue weighted by Crippen LogP contribution is 2.38. The summed E-state index contributed by atoms with van der Waals surface area (Å²) in [6.07, 6.45) is 1.01. The molecule has 6 nitrogen and oxygen atoms in total. The number of hydrogen-bond donors (Lipinski definition) is 1. The topological polar surface area (TPSA) is 60.0 Å². The fraction of sp³-hybridized carbons (Fsp3) is 0.320. The maximum Gasteiger partial charge on any atom is 0.251 e. The summed E-state index contributed by atoms with van der Waals surface area (Å²) in [5, 5.41) is 5.21. The summed E-state index contributed by atoms with van der Waals surface area (Å²) in [6.45, 7) is 2.34. The van der Waals surface area contributed by atoms with Crippen molar-refractivity contribution in [2.45, 2.75) is 19.0 Å². The van der Waals surface area contributed by atoms with E-state index in [1.54, 1.807) is 44.8 Å². The Balaban J connectivity index is 1.53. The SMILES string of the molecule is COc1cc(C(=O)NCC(c2cccs2)N2CCc3ccccc3C2)cc(OC)c1OC. The summed E-state index contributed by atoms with van der Waals surface area (Å²) in [4.78, 5) is 16.8. The molecular weight excluding hydrogens is 424 g/mol. The zero-order chi connectivity index (χ0) is 22.5. The second-order valence-corrected chi connectivity index (χ2v) is 8.62. The summed E-state index contributed by atoms with van der Waals surface area (Å²) in [5.41, 5.74) is 3.24. The van der Waals surface area contributed by atoms with Gasteiger partial charge in [0.15, 0.2) is 11.5 Å². The van der Waals surface area contributed by atoms with Crippen LogP contribution in [0.5, 0.6) is 17.2 Å². The normalized spacial score (nSPS) is 14.3. The second kappa shape index (κ2) is 10.1. The van der Waals surface area contributed by atoms with Crippen LogP contribution in [0.1, 0.15) is 32.4 Å². The van der Waals surface area contributed by atoms with Crippen LogP contribution in [-0.2, 0) is 13.0 Å². The van der Waals surface area contributed by atoms with Crippen LogP contribution < -0.4 is 19.5 Å². The lowest BCUT2D eigenvalue weighted by Crippen LogP contribution is -2.40. The van der Waals surface area contributed by atoms with E-state index in [-0.39, 0.29) is 11.9 Å². The minimum Gasteiger partial charge on any atom is -0.493 e. The monoisotopic (exact) mass is 452 g/mol. The summed E-state index contributed by atoms with van der Waals surface area (Å²) in [6, 6.07) is 16.3. The van der Waals surface area contributed by atoms with Crippen LogP contribution in [0.3, 0.4) is 0 Å². The Labute approximate surface area is 192 Å². The van der Waals surface area contributed by atoms with Gasteiger partial charge in [-0.05, 0) is 41.1 Å². The third kappa shape index (κ3) is 4.59. The van der Waals surface area contributed by atoms with Crippen molar-refractivity contribution in [3.63, 3.8) is 0 Å². The van der Waals surface area contributed by atoms with E-state index in [1.165, 1.54) is 16.0 Å². The number of methoxy groups -OCH3 is 3. The van der Waals surface area contributed by atoms with Crippen LogP contribution >= 0.6 is 11.3 Å². The van der Waals surface area contributed by atoms with Crippen molar-refractivity contribution in [1.82, 2.24) is 10.2 Å². The first-order chi connectivity index (χ1) is 15.6. The Bertz CT molecular complexity index is 1040.